The molecule has 0 saturated heterocycles. The van der Waals surface area contributed by atoms with Crippen molar-refractivity contribution >= 4 is 11.8 Å². The van der Waals surface area contributed by atoms with E-state index in [1.807, 2.05) is 0 Å². The summed E-state index contributed by atoms with van der Waals surface area (Å²) in [6.45, 7) is -0.375. The number of halogens is 1. The number of hydrogen-bond acceptors (Lipinski definition) is 3. The normalized spacial score (nSPS) is 9.86. The first-order valence-corrected chi connectivity index (χ1v) is 3.73. The van der Waals surface area contributed by atoms with Gasteiger partial charge in [0.2, 0.25) is 0 Å². The molecule has 0 aliphatic carbocycles. The van der Waals surface area contributed by atoms with Gasteiger partial charge in [0.05, 0.1) is 12.2 Å². The molecule has 0 atom stereocenters. The highest BCUT2D eigenvalue weighted by Gasteiger charge is 2.18. The van der Waals surface area contributed by atoms with Crippen LogP contribution in [-0.4, -0.2) is 22.0 Å². The fourth-order valence-corrected chi connectivity index (χ4v) is 0.960. The van der Waals surface area contributed by atoms with Gasteiger partial charge in [-0.2, -0.15) is 0 Å². The molecule has 14 heavy (non-hydrogen) atoms. The Hall–Kier alpha value is -1.75. The number of aliphatic hydroxyl groups excluding tert-OH is 1. The monoisotopic (exact) mass is 198 g/mol. The van der Waals surface area contributed by atoms with Crippen molar-refractivity contribution in [2.24, 2.45) is 0 Å². The van der Waals surface area contributed by atoms with Gasteiger partial charge in [0, 0.05) is 0 Å². The second-order valence-corrected chi connectivity index (χ2v) is 2.61. The van der Waals surface area contributed by atoms with Gasteiger partial charge in [-0.25, -0.2) is 9.18 Å². The molecular weight excluding hydrogens is 191 g/mol. The molecule has 0 bridgehead atoms. The molecule has 0 unspecified atom stereocenters. The first kappa shape index (κ1) is 10.3. The fraction of sp³-hybridized carbons (Fsp3) is 0.111. The highest BCUT2D eigenvalue weighted by atomic mass is 19.1. The van der Waals surface area contributed by atoms with Crippen LogP contribution in [0.2, 0.25) is 0 Å². The molecule has 1 aromatic rings. The Morgan fingerprint density at radius 2 is 2.00 bits per heavy atom. The molecule has 0 amide bonds. The predicted octanol–water partition coefficient (Wildman–Crippen LogP) is 0.585. The van der Waals surface area contributed by atoms with Crippen LogP contribution in [0.5, 0.6) is 0 Å². The quantitative estimate of drug-likeness (QED) is 0.550. The van der Waals surface area contributed by atoms with Gasteiger partial charge < -0.3 is 10.2 Å². The van der Waals surface area contributed by atoms with E-state index in [0.717, 1.165) is 12.1 Å². The van der Waals surface area contributed by atoms with E-state index in [-0.39, 0.29) is 12.2 Å². The molecule has 4 nitrogen and oxygen atoms in total. The smallest absolute Gasteiger partial charge is 0.377 e. The van der Waals surface area contributed by atoms with Crippen molar-refractivity contribution in [3.05, 3.63) is 35.1 Å². The Kier molecular flexibility index (Phi) is 2.93. The van der Waals surface area contributed by atoms with Gasteiger partial charge in [-0.3, -0.25) is 4.79 Å². The number of benzene rings is 1. The molecule has 0 radical (unpaired) electrons. The Morgan fingerprint density at radius 1 is 1.36 bits per heavy atom. The summed E-state index contributed by atoms with van der Waals surface area (Å²) in [5.41, 5.74) is -0.250. The highest BCUT2D eigenvalue weighted by molar-refractivity contribution is 6.39. The van der Waals surface area contributed by atoms with Gasteiger partial charge in [0.1, 0.15) is 5.82 Å². The number of ketones is 1. The van der Waals surface area contributed by atoms with Crippen LogP contribution in [-0.2, 0) is 11.4 Å². The number of carboxylic acid groups (broad SMARTS) is 1. The second kappa shape index (κ2) is 3.97. The molecule has 0 heterocycles. The summed E-state index contributed by atoms with van der Waals surface area (Å²) < 4.78 is 13.0. The summed E-state index contributed by atoms with van der Waals surface area (Å²) in [5.74, 6) is -3.95. The Bertz CT molecular complexity index is 386. The van der Waals surface area contributed by atoms with Crippen molar-refractivity contribution < 1.29 is 24.2 Å². The molecule has 5 heteroatoms. The predicted molar refractivity (Wildman–Crippen MR) is 44.3 cm³/mol. The maximum atomic E-state index is 13.0. The molecular formula is C9H7FO4. The summed E-state index contributed by atoms with van der Waals surface area (Å²) in [5, 5.41) is 17.0. The molecule has 0 saturated carbocycles. The van der Waals surface area contributed by atoms with E-state index in [4.69, 9.17) is 10.2 Å². The lowest BCUT2D eigenvalue weighted by Crippen LogP contribution is -2.14. The maximum Gasteiger partial charge on any atom is 0.377 e. The fourth-order valence-electron chi connectivity index (χ4n) is 0.960. The van der Waals surface area contributed by atoms with Crippen molar-refractivity contribution in [1.29, 1.82) is 0 Å². The van der Waals surface area contributed by atoms with Crippen molar-refractivity contribution in [1.82, 2.24) is 0 Å². The van der Waals surface area contributed by atoms with E-state index in [9.17, 15) is 14.0 Å². The number of aliphatic hydroxyl groups is 1. The van der Waals surface area contributed by atoms with Gasteiger partial charge in [-0.1, -0.05) is 6.07 Å². The average molecular weight is 198 g/mol. The topological polar surface area (TPSA) is 74.6 Å². The zero-order chi connectivity index (χ0) is 10.7. The lowest BCUT2D eigenvalue weighted by molar-refractivity contribution is -0.131. The maximum absolute atomic E-state index is 13.0. The number of carboxylic acids is 1. The van der Waals surface area contributed by atoms with Gasteiger partial charge in [0.15, 0.2) is 0 Å². The number of rotatable bonds is 3. The first-order valence-electron chi connectivity index (χ1n) is 3.73. The molecule has 1 aromatic carbocycles. The second-order valence-electron chi connectivity index (χ2n) is 2.61. The molecule has 74 valence electrons. The van der Waals surface area contributed by atoms with Crippen molar-refractivity contribution in [2.75, 3.05) is 0 Å². The lowest BCUT2D eigenvalue weighted by Gasteiger charge is -2.01. The number of hydrogen-bond donors (Lipinski definition) is 2. The third kappa shape index (κ3) is 1.94. The van der Waals surface area contributed by atoms with Crippen LogP contribution in [0.1, 0.15) is 15.9 Å². The Labute approximate surface area is 78.6 Å². The SMILES string of the molecule is O=C(O)C(=O)c1cc(CO)ccc1F. The van der Waals surface area contributed by atoms with E-state index >= 15 is 0 Å². The van der Waals surface area contributed by atoms with Crippen LogP contribution in [0.3, 0.4) is 0 Å². The summed E-state index contributed by atoms with van der Waals surface area (Å²) in [4.78, 5) is 21.2. The van der Waals surface area contributed by atoms with Crippen LogP contribution in [0.15, 0.2) is 18.2 Å². The van der Waals surface area contributed by atoms with Crippen LogP contribution >= 0.6 is 0 Å². The van der Waals surface area contributed by atoms with Crippen LogP contribution in [0.25, 0.3) is 0 Å². The van der Waals surface area contributed by atoms with E-state index in [2.05, 4.69) is 0 Å². The molecule has 0 aromatic heterocycles. The largest absolute Gasteiger partial charge is 0.475 e. The minimum Gasteiger partial charge on any atom is -0.475 e. The van der Waals surface area contributed by atoms with E-state index in [0.29, 0.717) is 0 Å². The summed E-state index contributed by atoms with van der Waals surface area (Å²) in [6.07, 6.45) is 0. The number of carbonyl (C=O) groups excluding carboxylic acids is 1. The minimum absolute atomic E-state index is 0.288. The van der Waals surface area contributed by atoms with Crippen LogP contribution in [0, 0.1) is 5.82 Å². The van der Waals surface area contributed by atoms with Gasteiger partial charge in [0.25, 0.3) is 5.78 Å². The standard InChI is InChI=1S/C9H7FO4/c10-7-2-1-5(4-11)3-6(7)8(12)9(13)14/h1-3,11H,4H2,(H,13,14). The molecule has 1 rings (SSSR count). The summed E-state index contributed by atoms with van der Waals surface area (Å²) >= 11 is 0. The first-order chi connectivity index (χ1) is 6.56. The van der Waals surface area contributed by atoms with Crippen molar-refractivity contribution in [3.8, 4) is 0 Å². The summed E-state index contributed by atoms with van der Waals surface area (Å²) in [7, 11) is 0. The van der Waals surface area contributed by atoms with Crippen LogP contribution < -0.4 is 0 Å². The van der Waals surface area contributed by atoms with Crippen LogP contribution in [0.4, 0.5) is 4.39 Å². The molecule has 0 fully saturated rings. The average Bonchev–Trinajstić information content (AvgIpc) is 2.17. The number of aliphatic carboxylic acids is 1. The minimum atomic E-state index is -1.72. The molecule has 0 aliphatic heterocycles. The van der Waals surface area contributed by atoms with E-state index in [1.165, 1.54) is 6.07 Å². The number of carbonyl (C=O) groups is 2. The lowest BCUT2D eigenvalue weighted by atomic mass is 10.1. The Morgan fingerprint density at radius 3 is 2.50 bits per heavy atom. The molecule has 0 spiro atoms. The third-order valence-electron chi connectivity index (χ3n) is 1.65. The van der Waals surface area contributed by atoms with Gasteiger partial charge in [-0.05, 0) is 17.7 Å². The molecule has 0 aliphatic rings. The third-order valence-corrected chi connectivity index (χ3v) is 1.65. The highest BCUT2D eigenvalue weighted by Crippen LogP contribution is 2.11. The zero-order valence-electron chi connectivity index (χ0n) is 7.03. The van der Waals surface area contributed by atoms with Gasteiger partial charge >= 0.3 is 5.97 Å². The number of Topliss-reactive ketones (excluding diaryl/α,β-unsaturated/α-hetero) is 1. The van der Waals surface area contributed by atoms with Crippen molar-refractivity contribution in [2.45, 2.75) is 6.61 Å². The van der Waals surface area contributed by atoms with Crippen molar-refractivity contribution in [3.63, 3.8) is 0 Å². The molecule has 2 N–H and O–H groups in total. The Balaban J connectivity index is 3.19. The van der Waals surface area contributed by atoms with E-state index < -0.39 is 23.1 Å². The van der Waals surface area contributed by atoms with E-state index in [1.54, 1.807) is 0 Å². The van der Waals surface area contributed by atoms with Gasteiger partial charge in [-0.15, -0.1) is 0 Å². The zero-order valence-corrected chi connectivity index (χ0v) is 7.03. The summed E-state index contributed by atoms with van der Waals surface area (Å²) in [6, 6.07) is 3.24.